The maximum atomic E-state index is 14.5. The molecule has 0 bridgehead atoms. The Kier molecular flexibility index (Phi) is 9.22. The van der Waals surface area contributed by atoms with Crippen molar-refractivity contribution in [3.8, 4) is 5.88 Å². The third-order valence-electron chi connectivity index (χ3n) is 7.96. The van der Waals surface area contributed by atoms with Crippen LogP contribution in [0.25, 0.3) is 0 Å². The van der Waals surface area contributed by atoms with Gasteiger partial charge in [-0.3, -0.25) is 4.90 Å². The van der Waals surface area contributed by atoms with Crippen LogP contribution in [0.2, 0.25) is 0 Å². The summed E-state index contributed by atoms with van der Waals surface area (Å²) in [5.41, 5.74) is 2.90. The summed E-state index contributed by atoms with van der Waals surface area (Å²) < 4.78 is 52.9. The maximum absolute atomic E-state index is 14.5. The molecule has 11 heteroatoms. The first-order valence-corrected chi connectivity index (χ1v) is 14.2. The number of nitrogens with zero attached hydrogens (tertiary/aromatic N) is 4. The molecule has 0 saturated carbocycles. The van der Waals surface area contributed by atoms with Crippen LogP contribution in [0.3, 0.4) is 0 Å². The quantitative estimate of drug-likeness (QED) is 0.315. The Balaban J connectivity index is 1.25. The zero-order valence-corrected chi connectivity index (χ0v) is 24.2. The molecule has 2 fully saturated rings. The van der Waals surface area contributed by atoms with Crippen molar-refractivity contribution in [2.75, 3.05) is 49.1 Å². The molecule has 8 nitrogen and oxygen atoms in total. The molecular weight excluding hydrogens is 561 g/mol. The molecule has 2 atom stereocenters. The second-order valence-electron chi connectivity index (χ2n) is 11.0. The highest BCUT2D eigenvalue weighted by Crippen LogP contribution is 2.29. The molecule has 2 aromatic carbocycles. The zero-order chi connectivity index (χ0) is 30.7. The van der Waals surface area contributed by atoms with Crippen LogP contribution in [0.4, 0.5) is 24.7 Å². The van der Waals surface area contributed by atoms with Gasteiger partial charge >= 0.3 is 5.97 Å². The topological polar surface area (TPSA) is 78.4 Å². The highest BCUT2D eigenvalue weighted by atomic mass is 19.1. The second kappa shape index (κ2) is 13.0. The van der Waals surface area contributed by atoms with E-state index in [2.05, 4.69) is 28.3 Å². The van der Waals surface area contributed by atoms with E-state index in [-0.39, 0.29) is 35.8 Å². The Bertz CT molecular complexity index is 1500. The second-order valence-corrected chi connectivity index (χ2v) is 11.0. The van der Waals surface area contributed by atoms with Gasteiger partial charge in [0.15, 0.2) is 5.82 Å². The first-order valence-electron chi connectivity index (χ1n) is 14.2. The molecule has 5 rings (SSSR count). The summed E-state index contributed by atoms with van der Waals surface area (Å²) in [5.74, 6) is -2.85. The van der Waals surface area contributed by atoms with Gasteiger partial charge in [-0.1, -0.05) is 12.6 Å². The predicted octanol–water partition coefficient (Wildman–Crippen LogP) is 5.40. The number of halogens is 3. The van der Waals surface area contributed by atoms with Crippen molar-refractivity contribution >= 4 is 17.5 Å². The lowest BCUT2D eigenvalue weighted by atomic mass is 10.1. The minimum atomic E-state index is -0.984. The molecule has 2 saturated heterocycles. The molecule has 3 aromatic rings. The molecule has 2 aliphatic heterocycles. The molecule has 1 unspecified atom stereocenters. The van der Waals surface area contributed by atoms with Crippen molar-refractivity contribution in [2.45, 2.75) is 39.0 Å². The van der Waals surface area contributed by atoms with E-state index in [1.54, 1.807) is 18.2 Å². The van der Waals surface area contributed by atoms with Gasteiger partial charge in [-0.2, -0.15) is 4.98 Å². The summed E-state index contributed by atoms with van der Waals surface area (Å²) in [5, 5.41) is 9.57. The highest BCUT2D eigenvalue weighted by Gasteiger charge is 2.29. The largest absolute Gasteiger partial charge is 0.478 e. The first-order chi connectivity index (χ1) is 20.6. The first kappa shape index (κ1) is 30.4. The number of rotatable bonds is 11. The molecule has 0 radical (unpaired) electrons. The Labute approximate surface area is 248 Å². The summed E-state index contributed by atoms with van der Waals surface area (Å²) in [4.78, 5) is 22.4. The van der Waals surface area contributed by atoms with Crippen LogP contribution in [-0.4, -0.2) is 72.4 Å². The normalized spacial score (nSPS) is 18.7. The molecule has 3 heterocycles. The predicted molar refractivity (Wildman–Crippen MR) is 157 cm³/mol. The lowest BCUT2D eigenvalue weighted by Gasteiger charge is -2.43. The fourth-order valence-corrected chi connectivity index (χ4v) is 5.30. The Morgan fingerprint density at radius 2 is 1.93 bits per heavy atom. The summed E-state index contributed by atoms with van der Waals surface area (Å²) in [7, 11) is 0. The van der Waals surface area contributed by atoms with Crippen molar-refractivity contribution in [3.63, 3.8) is 0 Å². The van der Waals surface area contributed by atoms with Crippen LogP contribution in [0.15, 0.2) is 60.8 Å². The highest BCUT2D eigenvalue weighted by molar-refractivity contribution is 5.89. The van der Waals surface area contributed by atoms with E-state index in [9.17, 15) is 23.1 Å². The molecule has 2 aliphatic rings. The minimum absolute atomic E-state index is 0.0550. The van der Waals surface area contributed by atoms with Gasteiger partial charge in [0, 0.05) is 68.4 Å². The van der Waals surface area contributed by atoms with Crippen LogP contribution in [-0.2, 0) is 11.3 Å². The average molecular weight is 597 g/mol. The molecule has 0 aliphatic carbocycles. The molecular formula is C32H35F3N4O4. The number of hydrogen-bond donors (Lipinski definition) is 1. The summed E-state index contributed by atoms with van der Waals surface area (Å²) >= 11 is 0. The maximum Gasteiger partial charge on any atom is 0.335 e. The lowest BCUT2D eigenvalue weighted by molar-refractivity contribution is -0.0439. The SMILES string of the molecule is C=C(CN1CCN(c2ccc(F)c(OCc3ccc(F)cc3F)n2)CC1C)N(C[C@H]1CCO1)c1cc(C(=O)O)ccc1C. The fourth-order valence-electron chi connectivity index (χ4n) is 5.30. The molecule has 0 spiro atoms. The number of benzene rings is 2. The third kappa shape index (κ3) is 7.11. The molecule has 1 aromatic heterocycles. The summed E-state index contributed by atoms with van der Waals surface area (Å²) in [6.45, 7) is 11.9. The van der Waals surface area contributed by atoms with Crippen molar-refractivity contribution in [3.05, 3.63) is 94.9 Å². The molecule has 0 amide bonds. The number of carboxylic acids is 1. The number of carboxylic acid groups (broad SMARTS) is 1. The Hall–Kier alpha value is -4.09. The van der Waals surface area contributed by atoms with Crippen molar-refractivity contribution in [2.24, 2.45) is 0 Å². The van der Waals surface area contributed by atoms with Crippen LogP contribution in [0, 0.1) is 24.4 Å². The van der Waals surface area contributed by atoms with Gasteiger partial charge in [0.25, 0.3) is 5.88 Å². The average Bonchev–Trinajstić information content (AvgIpc) is 2.94. The fraction of sp³-hybridized carbons (Fsp3) is 0.375. The van der Waals surface area contributed by atoms with Gasteiger partial charge in [-0.25, -0.2) is 18.0 Å². The smallest absolute Gasteiger partial charge is 0.335 e. The van der Waals surface area contributed by atoms with E-state index in [0.29, 0.717) is 45.1 Å². The van der Waals surface area contributed by atoms with Crippen LogP contribution in [0.5, 0.6) is 5.88 Å². The number of pyridine rings is 1. The molecule has 1 N–H and O–H groups in total. The van der Waals surface area contributed by atoms with E-state index in [0.717, 1.165) is 35.5 Å². The van der Waals surface area contributed by atoms with Crippen molar-refractivity contribution < 1.29 is 32.5 Å². The van der Waals surface area contributed by atoms with Gasteiger partial charge in [0.05, 0.1) is 11.7 Å². The molecule has 228 valence electrons. The summed E-state index contributed by atoms with van der Waals surface area (Å²) in [6, 6.07) is 11.2. The minimum Gasteiger partial charge on any atom is -0.478 e. The van der Waals surface area contributed by atoms with Crippen LogP contribution >= 0.6 is 0 Å². The van der Waals surface area contributed by atoms with Crippen LogP contribution < -0.4 is 14.5 Å². The van der Waals surface area contributed by atoms with E-state index in [1.807, 2.05) is 17.9 Å². The Morgan fingerprint density at radius 1 is 1.14 bits per heavy atom. The zero-order valence-electron chi connectivity index (χ0n) is 24.2. The van der Waals surface area contributed by atoms with Gasteiger partial charge in [-0.15, -0.1) is 0 Å². The number of hydrogen-bond acceptors (Lipinski definition) is 7. The number of aromatic carboxylic acids is 1. The Morgan fingerprint density at radius 3 is 2.60 bits per heavy atom. The van der Waals surface area contributed by atoms with E-state index in [1.165, 1.54) is 12.1 Å². The van der Waals surface area contributed by atoms with Crippen LogP contribution in [0.1, 0.15) is 34.8 Å². The van der Waals surface area contributed by atoms with E-state index < -0.39 is 23.4 Å². The number of aromatic nitrogens is 1. The standard InChI is InChI=1S/C32H35F3N4O4/c1-20-4-5-23(32(40)41)14-29(20)39(18-26-10-13-42-26)22(3)17-37-11-12-38(16-21(37)2)30-9-8-27(34)31(36-30)43-19-24-6-7-25(33)15-28(24)35/h4-9,14-15,21,26H,3,10-13,16-19H2,1-2H3,(H,40,41)/t21?,26-/m1/s1. The van der Waals surface area contributed by atoms with Gasteiger partial charge in [0.2, 0.25) is 0 Å². The van der Waals surface area contributed by atoms with Crippen molar-refractivity contribution in [1.29, 1.82) is 0 Å². The third-order valence-corrected chi connectivity index (χ3v) is 7.96. The number of ether oxygens (including phenoxy) is 2. The van der Waals surface area contributed by atoms with Gasteiger partial charge < -0.3 is 24.4 Å². The van der Waals surface area contributed by atoms with Crippen molar-refractivity contribution in [1.82, 2.24) is 9.88 Å². The number of anilines is 2. The lowest BCUT2D eigenvalue weighted by Crippen LogP contribution is -2.53. The van der Waals surface area contributed by atoms with Gasteiger partial charge in [-0.05, 0) is 62.2 Å². The monoisotopic (exact) mass is 596 g/mol. The summed E-state index contributed by atoms with van der Waals surface area (Å²) in [6.07, 6.45) is 0.991. The number of carbonyl (C=O) groups is 1. The van der Waals surface area contributed by atoms with E-state index in [4.69, 9.17) is 9.47 Å². The number of piperazine rings is 1. The number of aryl methyl sites for hydroxylation is 1. The molecule has 43 heavy (non-hydrogen) atoms. The van der Waals surface area contributed by atoms with Gasteiger partial charge in [0.1, 0.15) is 24.1 Å². The van der Waals surface area contributed by atoms with E-state index >= 15 is 0 Å².